The van der Waals surface area contributed by atoms with E-state index in [2.05, 4.69) is 40.7 Å². The summed E-state index contributed by atoms with van der Waals surface area (Å²) in [6, 6.07) is 0. The normalized spacial score (nSPS) is 54.4. The largest absolute Gasteiger partial charge is 0.432 e. The fourth-order valence-corrected chi connectivity index (χ4v) is 16.4. The lowest BCUT2D eigenvalue weighted by Crippen LogP contribution is -2.68. The molecule has 9 aliphatic rings. The lowest BCUT2D eigenvalue weighted by molar-refractivity contribution is -0.398. The third kappa shape index (κ3) is 9.51. The van der Waals surface area contributed by atoms with Gasteiger partial charge in [-0.3, -0.25) is 4.79 Å². The molecule has 442 valence electrons. The fraction of sp³-hybridized carbons (Fsp3) is 0.944. The van der Waals surface area contributed by atoms with Crippen molar-refractivity contribution in [2.45, 2.75) is 248 Å². The summed E-state index contributed by atoms with van der Waals surface area (Å²) >= 11 is 0. The molecule has 0 amide bonds. The van der Waals surface area contributed by atoms with Gasteiger partial charge < -0.3 is 109 Å². The number of fused-ring (bicyclic) bond motifs is 7. The molecule has 4 heterocycles. The van der Waals surface area contributed by atoms with Crippen LogP contribution in [-0.2, 0) is 42.7 Å². The molecule has 0 aromatic rings. The summed E-state index contributed by atoms with van der Waals surface area (Å²) in [5.41, 5.74) is -2.58. The first-order valence-electron chi connectivity index (χ1n) is 27.8. The number of hydrogen-bond acceptors (Lipinski definition) is 23. The number of esters is 1. The zero-order chi connectivity index (χ0) is 56.4. The molecule has 0 spiro atoms. The van der Waals surface area contributed by atoms with E-state index in [1.54, 1.807) is 0 Å². The van der Waals surface area contributed by atoms with Gasteiger partial charge in [0.05, 0.1) is 43.5 Å². The van der Waals surface area contributed by atoms with Gasteiger partial charge in [-0.1, -0.05) is 60.1 Å². The highest BCUT2D eigenvalue weighted by Crippen LogP contribution is 2.76. The number of allylic oxidation sites excluding steroid dienone is 1. The molecule has 8 fully saturated rings. The van der Waals surface area contributed by atoms with E-state index in [-0.39, 0.29) is 22.7 Å². The van der Waals surface area contributed by atoms with E-state index in [0.29, 0.717) is 44.9 Å². The quantitative estimate of drug-likeness (QED) is 0.0602. The molecular weight excluding hydrogens is 1020 g/mol. The molecule has 23 heteroatoms. The fourth-order valence-electron chi connectivity index (χ4n) is 16.4. The molecule has 29 unspecified atom stereocenters. The SMILES string of the molecule is CC1OC(OC2C(OC3CCC4(C)C(CCC5(C)C4CC=C4C6C(O)C(C)(C)CCC6(C(=O)OC6OC(CO)C(O)C(O)C6O)CCC45C)C3(C)C)OC(CO)C(O)C2OC2OC(CO)C(O)C(O)C2O)C(O)C(O)C1O. The second-order valence-corrected chi connectivity index (χ2v) is 26.2. The van der Waals surface area contributed by atoms with Crippen molar-refractivity contribution in [2.75, 3.05) is 19.8 Å². The molecule has 0 aromatic heterocycles. The van der Waals surface area contributed by atoms with Crippen LogP contribution in [0.3, 0.4) is 0 Å². The van der Waals surface area contributed by atoms with Crippen molar-refractivity contribution >= 4 is 5.97 Å². The predicted octanol–water partition coefficient (Wildman–Crippen LogP) is -2.04. The van der Waals surface area contributed by atoms with Crippen molar-refractivity contribution in [1.82, 2.24) is 0 Å². The highest BCUT2D eigenvalue weighted by Gasteiger charge is 2.72. The first-order chi connectivity index (χ1) is 36.0. The van der Waals surface area contributed by atoms with E-state index in [1.165, 1.54) is 6.92 Å². The van der Waals surface area contributed by atoms with Gasteiger partial charge in [0.15, 0.2) is 18.9 Å². The summed E-state index contributed by atoms with van der Waals surface area (Å²) in [5.74, 6) is -1.22. The minimum Gasteiger partial charge on any atom is -0.432 e. The van der Waals surface area contributed by atoms with Crippen LogP contribution in [0, 0.1) is 50.2 Å². The Morgan fingerprint density at radius 2 is 1.06 bits per heavy atom. The number of carbonyl (C=O) groups excluding carboxylic acids is 1. The lowest BCUT2D eigenvalue weighted by atomic mass is 9.33. The van der Waals surface area contributed by atoms with Crippen LogP contribution in [0.5, 0.6) is 0 Å². The molecule has 0 radical (unpaired) electrons. The maximum Gasteiger partial charge on any atom is 0.315 e. The van der Waals surface area contributed by atoms with Gasteiger partial charge in [-0.2, -0.15) is 0 Å². The molecule has 77 heavy (non-hydrogen) atoms. The summed E-state index contributed by atoms with van der Waals surface area (Å²) in [5, 5.41) is 152. The van der Waals surface area contributed by atoms with Gasteiger partial charge in [0.2, 0.25) is 6.29 Å². The zero-order valence-corrected chi connectivity index (χ0v) is 45.4. The molecular formula is C54H88O23. The Balaban J connectivity index is 1.00. The summed E-state index contributed by atoms with van der Waals surface area (Å²) in [6.45, 7) is 14.4. The number of hydrogen-bond donors (Lipinski definition) is 14. The average Bonchev–Trinajstić information content (AvgIpc) is 3.55. The highest BCUT2D eigenvalue weighted by atomic mass is 16.8. The van der Waals surface area contributed by atoms with Crippen molar-refractivity contribution in [3.63, 3.8) is 0 Å². The Labute approximate surface area is 449 Å². The Kier molecular flexibility index (Phi) is 16.8. The maximum atomic E-state index is 14.8. The Hall–Kier alpha value is -1.63. The first kappa shape index (κ1) is 60.0. The van der Waals surface area contributed by atoms with Crippen LogP contribution in [0.4, 0.5) is 0 Å². The van der Waals surface area contributed by atoms with Crippen molar-refractivity contribution in [3.8, 4) is 0 Å². The zero-order valence-electron chi connectivity index (χ0n) is 45.4. The molecule has 0 aromatic carbocycles. The second-order valence-electron chi connectivity index (χ2n) is 26.2. The van der Waals surface area contributed by atoms with Crippen LogP contribution in [0.15, 0.2) is 11.6 Å². The van der Waals surface area contributed by atoms with Gasteiger partial charge in [-0.15, -0.1) is 0 Å². The standard InChI is InChI=1S/C54H88O23/c1-22-31(58)35(62)38(65)44(70-22)76-42-41(75-45-39(66)36(63)32(59)24(19-55)71-45)34(61)26(21-57)73-47(42)74-29-12-13-51(6)27(50(29,4)5)11-14-53(8)28(51)10-9-23-30-43(68)49(2,3)15-17-54(30,18-16-52(23,53)7)48(69)77-46-40(67)37(64)33(60)25(20-56)72-46/h9,22,24-47,55-68H,10-21H2,1-8H3. The third-order valence-electron chi connectivity index (χ3n) is 21.6. The molecule has 4 saturated carbocycles. The van der Waals surface area contributed by atoms with E-state index >= 15 is 0 Å². The Morgan fingerprint density at radius 3 is 1.68 bits per heavy atom. The summed E-state index contributed by atoms with van der Waals surface area (Å²) < 4.78 is 49.0. The van der Waals surface area contributed by atoms with E-state index < -0.39 is 188 Å². The van der Waals surface area contributed by atoms with Crippen molar-refractivity contribution in [2.24, 2.45) is 50.2 Å². The number of carbonyl (C=O) groups is 1. The first-order valence-corrected chi connectivity index (χ1v) is 27.8. The number of aliphatic hydroxyl groups excluding tert-OH is 14. The topological polar surface area (TPSA) is 374 Å². The minimum absolute atomic E-state index is 0.0186. The van der Waals surface area contributed by atoms with Crippen LogP contribution in [0.1, 0.15) is 113 Å². The van der Waals surface area contributed by atoms with Gasteiger partial charge in [0, 0.05) is 5.92 Å². The van der Waals surface area contributed by atoms with Crippen LogP contribution in [0.2, 0.25) is 0 Å². The van der Waals surface area contributed by atoms with Gasteiger partial charge in [-0.05, 0) is 104 Å². The van der Waals surface area contributed by atoms with Gasteiger partial charge in [0.1, 0.15) is 91.6 Å². The molecule has 23 nitrogen and oxygen atoms in total. The second kappa shape index (κ2) is 21.5. The smallest absolute Gasteiger partial charge is 0.315 e. The molecule has 9 rings (SSSR count). The average molecular weight is 1110 g/mol. The van der Waals surface area contributed by atoms with Crippen molar-refractivity contribution in [1.29, 1.82) is 0 Å². The Bertz CT molecular complexity index is 2130. The van der Waals surface area contributed by atoms with Crippen LogP contribution >= 0.6 is 0 Å². The predicted molar refractivity (Wildman–Crippen MR) is 263 cm³/mol. The van der Waals surface area contributed by atoms with Crippen LogP contribution < -0.4 is 0 Å². The summed E-state index contributed by atoms with van der Waals surface area (Å²) in [7, 11) is 0. The maximum absolute atomic E-state index is 14.8. The van der Waals surface area contributed by atoms with E-state index in [0.717, 1.165) is 18.4 Å². The molecule has 29 atom stereocenters. The van der Waals surface area contributed by atoms with Gasteiger partial charge in [-0.25, -0.2) is 0 Å². The Morgan fingerprint density at radius 1 is 0.545 bits per heavy atom. The van der Waals surface area contributed by atoms with Gasteiger partial charge in [0.25, 0.3) is 0 Å². The summed E-state index contributed by atoms with van der Waals surface area (Å²) in [4.78, 5) is 14.8. The van der Waals surface area contributed by atoms with E-state index in [9.17, 15) is 76.3 Å². The van der Waals surface area contributed by atoms with Crippen LogP contribution in [0.25, 0.3) is 0 Å². The monoisotopic (exact) mass is 1100 g/mol. The van der Waals surface area contributed by atoms with E-state index in [4.69, 9.17) is 37.9 Å². The number of ether oxygens (including phenoxy) is 8. The van der Waals surface area contributed by atoms with Crippen molar-refractivity contribution < 1.29 is 114 Å². The summed E-state index contributed by atoms with van der Waals surface area (Å²) in [6.07, 6.45) is -26.7. The molecule has 0 bridgehead atoms. The lowest BCUT2D eigenvalue weighted by Gasteiger charge is -2.71. The molecule has 4 aliphatic heterocycles. The van der Waals surface area contributed by atoms with Gasteiger partial charge >= 0.3 is 5.97 Å². The molecule has 14 N–H and O–H groups in total. The third-order valence-corrected chi connectivity index (χ3v) is 21.6. The van der Waals surface area contributed by atoms with Crippen LogP contribution in [-0.4, -0.2) is 232 Å². The van der Waals surface area contributed by atoms with Crippen molar-refractivity contribution in [3.05, 3.63) is 11.6 Å². The number of rotatable bonds is 11. The molecule has 4 saturated heterocycles. The molecule has 5 aliphatic carbocycles. The van der Waals surface area contributed by atoms with E-state index in [1.807, 2.05) is 13.8 Å². The number of aliphatic hydroxyl groups is 14. The minimum atomic E-state index is -1.92. The highest BCUT2D eigenvalue weighted by molar-refractivity contribution is 5.79.